The number of nitrogens with one attached hydrogen (secondary N) is 2. The van der Waals surface area contributed by atoms with Gasteiger partial charge in [0.25, 0.3) is 15.6 Å². The first-order chi connectivity index (χ1) is 33.6. The molecule has 6 N–H and O–H groups in total. The van der Waals surface area contributed by atoms with Crippen molar-refractivity contribution >= 4 is 69.1 Å². The molecule has 1 aliphatic heterocycles. The molecule has 396 valence electrons. The number of aromatic nitrogens is 4. The van der Waals surface area contributed by atoms with Gasteiger partial charge in [0.05, 0.1) is 27.4 Å². The smallest absolute Gasteiger partial charge is 0.274 e. The van der Waals surface area contributed by atoms with Crippen molar-refractivity contribution in [3.8, 4) is 0 Å². The van der Waals surface area contributed by atoms with Gasteiger partial charge in [0, 0.05) is 37.1 Å². The molecule has 0 saturated carbocycles. The highest BCUT2D eigenvalue weighted by molar-refractivity contribution is 8.13. The van der Waals surface area contributed by atoms with Crippen LogP contribution in [0.25, 0.3) is 11.2 Å². The third-order valence-corrected chi connectivity index (χ3v) is 13.8. The van der Waals surface area contributed by atoms with Gasteiger partial charge >= 0.3 is 0 Å². The van der Waals surface area contributed by atoms with Gasteiger partial charge in [-0.05, 0) is 44.9 Å². The van der Waals surface area contributed by atoms with Crippen molar-refractivity contribution < 1.29 is 80.5 Å². The predicted molar refractivity (Wildman–Crippen MR) is 256 cm³/mol. The molecule has 1 saturated heterocycles. The number of nitrogens with zero attached hydrogens (tertiary/aromatic N) is 4. The molecule has 2 aromatic heterocycles. The molecule has 28 heteroatoms. The van der Waals surface area contributed by atoms with Crippen LogP contribution < -0.4 is 35.9 Å². The van der Waals surface area contributed by atoms with Crippen LogP contribution in [0, 0.1) is 5.41 Å². The van der Waals surface area contributed by atoms with Gasteiger partial charge in [-0.15, -0.1) is 0 Å². The monoisotopic (exact) mass is 1070 g/mol. The van der Waals surface area contributed by atoms with Crippen LogP contribution in [0.1, 0.15) is 84.8 Å². The summed E-state index contributed by atoms with van der Waals surface area (Å²) in [5, 5.41) is 26.3. The molecule has 24 nitrogen and oxygen atoms in total. The van der Waals surface area contributed by atoms with Gasteiger partial charge in [-0.2, -0.15) is 0 Å². The van der Waals surface area contributed by atoms with Crippen molar-refractivity contribution in [2.45, 2.75) is 109 Å². The maximum absolute atomic E-state index is 12.6. The van der Waals surface area contributed by atoms with Gasteiger partial charge in [0.1, 0.15) is 36.3 Å². The van der Waals surface area contributed by atoms with Gasteiger partial charge in [-0.1, -0.05) is 105 Å². The van der Waals surface area contributed by atoms with E-state index in [2.05, 4.69) is 111 Å². The number of rotatable bonds is 33. The number of anilines is 1. The Labute approximate surface area is 416 Å². The molecule has 2 amide bonds. The molecule has 71 heavy (non-hydrogen) atoms. The molecule has 3 heterocycles. The fourth-order valence-corrected chi connectivity index (χ4v) is 9.57. The topological polar surface area (TPSA) is 375 Å². The molecule has 2 unspecified atom stereocenters. The Hall–Kier alpha value is -4.00. The highest BCUT2D eigenvalue weighted by atomic mass is 32.2. The average Bonchev–Trinajstić information content (AvgIpc) is 3.86. The SMILES string of the molecule is CC/C=C\C/C=C\C/C=C\C/C=C\C/C=C\CC/C=C/CC(=O)SCCNC(=O)CCNC(=O)[C@H](O)C(C)(C)COP(=O)([O-])OP(=O)([O-])OC[C@H]1O[C@@H](n2cnc3c(N)ncnc32)[C@H](O)[C@@H]1OP(=O)([O-])[O-]. The lowest BCUT2D eigenvalue weighted by atomic mass is 9.87. The molecule has 1 fully saturated rings. The van der Waals surface area contributed by atoms with Gasteiger partial charge in [0.2, 0.25) is 11.8 Å². The second-order valence-corrected chi connectivity index (χ2v) is 21.4. The summed E-state index contributed by atoms with van der Waals surface area (Å²) >= 11 is 1.07. The summed E-state index contributed by atoms with van der Waals surface area (Å²) in [6.45, 7) is 2.19. The number of nitrogens with two attached hydrogens (primary N) is 1. The number of hydrogen-bond donors (Lipinski definition) is 5. The average molecular weight is 1070 g/mol. The lowest BCUT2D eigenvalue weighted by Crippen LogP contribution is -2.46. The minimum absolute atomic E-state index is 0.0228. The first-order valence-electron chi connectivity index (χ1n) is 22.4. The number of nitrogen functional groups attached to an aromatic ring is 1. The number of hydrogen-bond acceptors (Lipinski definition) is 22. The second kappa shape index (κ2) is 30.9. The van der Waals surface area contributed by atoms with Crippen LogP contribution in [0.2, 0.25) is 0 Å². The van der Waals surface area contributed by atoms with Crippen LogP contribution in [0.5, 0.6) is 0 Å². The molecular formula is C43H62N7O17P3S-4. The summed E-state index contributed by atoms with van der Waals surface area (Å²) in [5.41, 5.74) is 4.07. The Morgan fingerprint density at radius 1 is 0.873 bits per heavy atom. The van der Waals surface area contributed by atoms with E-state index in [9.17, 15) is 57.9 Å². The number of aliphatic hydroxyl groups excluding tert-OH is 2. The minimum atomic E-state index is -5.93. The van der Waals surface area contributed by atoms with E-state index in [4.69, 9.17) is 10.5 Å². The van der Waals surface area contributed by atoms with Gasteiger partial charge in [0.15, 0.2) is 22.8 Å². The molecule has 0 radical (unpaired) electrons. The zero-order valence-corrected chi connectivity index (χ0v) is 43.0. The third-order valence-electron chi connectivity index (χ3n) is 9.85. The van der Waals surface area contributed by atoms with Crippen molar-refractivity contribution in [1.29, 1.82) is 0 Å². The zero-order chi connectivity index (χ0) is 52.5. The number of phosphoric acid groups is 3. The van der Waals surface area contributed by atoms with E-state index in [1.54, 1.807) is 0 Å². The number of phosphoric ester groups is 3. The van der Waals surface area contributed by atoms with E-state index in [0.717, 1.165) is 73.9 Å². The van der Waals surface area contributed by atoms with E-state index in [0.29, 0.717) is 5.75 Å². The molecular weight excluding hydrogens is 1010 g/mol. The summed E-state index contributed by atoms with van der Waals surface area (Å²) in [6, 6.07) is 0. The number of ether oxygens (including phenoxy) is 1. The Balaban J connectivity index is 1.29. The molecule has 3 rings (SSSR count). The number of unbranched alkanes of at least 4 members (excludes halogenated alkanes) is 1. The number of imidazole rings is 1. The van der Waals surface area contributed by atoms with Gasteiger partial charge < -0.3 is 69.0 Å². The Morgan fingerprint density at radius 2 is 1.46 bits per heavy atom. The fourth-order valence-electron chi connectivity index (χ4n) is 6.19. The maximum Gasteiger partial charge on any atom is 0.274 e. The summed E-state index contributed by atoms with van der Waals surface area (Å²) in [6.07, 6.45) is 24.2. The molecule has 0 aliphatic carbocycles. The van der Waals surface area contributed by atoms with Crippen LogP contribution in [-0.2, 0) is 50.7 Å². The van der Waals surface area contributed by atoms with E-state index in [1.807, 2.05) is 12.2 Å². The van der Waals surface area contributed by atoms with Crippen molar-refractivity contribution in [1.82, 2.24) is 30.2 Å². The number of fused-ring (bicyclic) bond motifs is 1. The maximum atomic E-state index is 12.6. The zero-order valence-electron chi connectivity index (χ0n) is 39.5. The Kier molecular flexibility index (Phi) is 26.7. The first-order valence-corrected chi connectivity index (χ1v) is 27.8. The molecule has 0 spiro atoms. The molecule has 2 aromatic rings. The number of allylic oxidation sites excluding steroid dienone is 12. The lowest BCUT2D eigenvalue weighted by Gasteiger charge is -2.36. The van der Waals surface area contributed by atoms with Crippen LogP contribution in [0.4, 0.5) is 5.82 Å². The summed E-state index contributed by atoms with van der Waals surface area (Å²) in [5.74, 6) is -1.24. The highest BCUT2D eigenvalue weighted by Gasteiger charge is 2.47. The number of aliphatic hydroxyl groups is 2. The minimum Gasteiger partial charge on any atom is -0.790 e. The van der Waals surface area contributed by atoms with E-state index in [1.165, 1.54) is 13.8 Å². The Morgan fingerprint density at radius 3 is 2.08 bits per heavy atom. The lowest BCUT2D eigenvalue weighted by molar-refractivity contribution is -0.347. The van der Waals surface area contributed by atoms with E-state index >= 15 is 0 Å². The summed E-state index contributed by atoms with van der Waals surface area (Å²) < 4.78 is 60.8. The number of carbonyl (C=O) groups excluding carboxylic acids is 3. The van der Waals surface area contributed by atoms with Gasteiger partial charge in [-0.25, -0.2) is 19.3 Å². The van der Waals surface area contributed by atoms with Crippen molar-refractivity contribution in [2.24, 2.45) is 5.41 Å². The van der Waals surface area contributed by atoms with Gasteiger partial charge in [-0.3, -0.25) is 28.1 Å². The summed E-state index contributed by atoms with van der Waals surface area (Å²) in [4.78, 5) is 96.8. The summed E-state index contributed by atoms with van der Waals surface area (Å²) in [7, 11) is -17.6. The second-order valence-electron chi connectivity index (χ2n) is 16.2. The first kappa shape index (κ1) is 61.3. The van der Waals surface area contributed by atoms with Crippen LogP contribution in [0.3, 0.4) is 0 Å². The molecule has 7 atom stereocenters. The van der Waals surface area contributed by atoms with Crippen LogP contribution in [0.15, 0.2) is 85.6 Å². The molecule has 1 aliphatic rings. The Bertz CT molecular complexity index is 2360. The number of thioether (sulfide) groups is 1. The number of amides is 2. The largest absolute Gasteiger partial charge is 0.790 e. The van der Waals surface area contributed by atoms with Crippen molar-refractivity contribution in [3.63, 3.8) is 0 Å². The standard InChI is InChI=1S/C43H66N7O17P3S/c1-4-5-6-7-8-9-10-11-12-13-14-15-16-17-18-19-20-21-22-23-34(52)71-27-26-45-33(51)24-25-46-41(55)38(54)43(2,3)29-64-70(61,62)67-69(59,60)63-28-32-37(66-68(56,57)58)36(53)42(65-32)50-31-49-35-39(44)47-30-48-40(35)50/h5-6,8-9,11-12,14-15,17-18,21-22,30-32,36-38,42,53-54H,4,7,10,13,16,19-20,23-29H2,1-3H3,(H,45,51)(H,46,55)(H,59,60)(H,61,62)(H2,44,47,48)(H2,56,57,58)/p-4/b6-5-,9-8-,12-11-,15-14-,18-17-,22-21+/t32-,36-,37-,38+,42-/m1/s1. The van der Waals surface area contributed by atoms with Crippen LogP contribution >= 0.6 is 35.2 Å². The molecule has 0 aromatic carbocycles. The third kappa shape index (κ3) is 23.6. The fraction of sp³-hybridized carbons (Fsp3) is 0.535. The number of carbonyl (C=O) groups is 3. The predicted octanol–water partition coefficient (Wildman–Crippen LogP) is 2.61. The van der Waals surface area contributed by atoms with E-state index in [-0.39, 0.29) is 48.0 Å². The van der Waals surface area contributed by atoms with E-state index < -0.39 is 84.6 Å². The quantitative estimate of drug-likeness (QED) is 0.0389. The van der Waals surface area contributed by atoms with Crippen LogP contribution in [-0.4, -0.2) is 103 Å². The van der Waals surface area contributed by atoms with Crippen molar-refractivity contribution in [2.75, 3.05) is 37.8 Å². The normalized spacial score (nSPS) is 20.3. The highest BCUT2D eigenvalue weighted by Crippen LogP contribution is 2.56. The molecule has 0 bridgehead atoms. The van der Waals surface area contributed by atoms with Crippen molar-refractivity contribution in [3.05, 3.63) is 85.6 Å².